The quantitative estimate of drug-likeness (QED) is 0.327. The molecule has 1 aliphatic rings. The molecule has 3 heteroatoms. The molecule has 0 aliphatic heterocycles. The molecule has 0 amide bonds. The molecule has 0 heterocycles. The number of carbonyl (C=O) groups excluding carboxylic acids is 1. The van der Waals surface area contributed by atoms with Gasteiger partial charge in [0.05, 0.1) is 12.5 Å². The Morgan fingerprint density at radius 3 is 2.25 bits per heavy atom. The molecule has 24 heavy (non-hydrogen) atoms. The monoisotopic (exact) mass is 332 g/mol. The third-order valence-electron chi connectivity index (χ3n) is 5.00. The largest absolute Gasteiger partial charge is 0.494 e. The summed E-state index contributed by atoms with van der Waals surface area (Å²) in [6.45, 7) is 4.84. The summed E-state index contributed by atoms with van der Waals surface area (Å²) in [5, 5.41) is 0. The van der Waals surface area contributed by atoms with Gasteiger partial charge in [0.2, 0.25) is 0 Å². The minimum absolute atomic E-state index is 0.0661. The van der Waals surface area contributed by atoms with E-state index in [1.807, 2.05) is 31.2 Å². The van der Waals surface area contributed by atoms with Crippen LogP contribution in [-0.4, -0.2) is 12.6 Å². The van der Waals surface area contributed by atoms with E-state index in [0.29, 0.717) is 12.4 Å². The third kappa shape index (κ3) is 6.18. The van der Waals surface area contributed by atoms with Crippen molar-refractivity contribution in [2.24, 2.45) is 11.8 Å². The van der Waals surface area contributed by atoms with E-state index < -0.39 is 0 Å². The molecule has 0 spiro atoms. The molecule has 0 aromatic heterocycles. The lowest BCUT2D eigenvalue weighted by Crippen LogP contribution is -2.25. The summed E-state index contributed by atoms with van der Waals surface area (Å²) < 4.78 is 10.9. The maximum atomic E-state index is 12.3. The molecular formula is C21H32O3. The van der Waals surface area contributed by atoms with Crippen LogP contribution in [0.2, 0.25) is 0 Å². The van der Waals surface area contributed by atoms with Gasteiger partial charge in [0, 0.05) is 0 Å². The maximum Gasteiger partial charge on any atom is 0.314 e. The molecule has 0 atom stereocenters. The SMILES string of the molecule is CCCCCCC1CCC(C(=O)Oc2ccc(OCC)cc2)CC1. The van der Waals surface area contributed by atoms with Crippen molar-refractivity contribution in [3.05, 3.63) is 24.3 Å². The molecule has 134 valence electrons. The predicted molar refractivity (Wildman–Crippen MR) is 97.5 cm³/mol. The van der Waals surface area contributed by atoms with Crippen LogP contribution in [0, 0.1) is 11.8 Å². The summed E-state index contributed by atoms with van der Waals surface area (Å²) in [5.41, 5.74) is 0. The van der Waals surface area contributed by atoms with Gasteiger partial charge < -0.3 is 9.47 Å². The van der Waals surface area contributed by atoms with Crippen LogP contribution in [0.1, 0.15) is 71.6 Å². The summed E-state index contributed by atoms with van der Waals surface area (Å²) in [6.07, 6.45) is 11.0. The van der Waals surface area contributed by atoms with Crippen LogP contribution in [0.4, 0.5) is 0 Å². The first-order valence-corrected chi connectivity index (χ1v) is 9.67. The van der Waals surface area contributed by atoms with E-state index in [4.69, 9.17) is 9.47 Å². The summed E-state index contributed by atoms with van der Waals surface area (Å²) in [5.74, 6) is 2.24. The van der Waals surface area contributed by atoms with E-state index in [9.17, 15) is 4.79 Å². The number of unbranched alkanes of at least 4 members (excludes halogenated alkanes) is 3. The van der Waals surface area contributed by atoms with E-state index in [-0.39, 0.29) is 11.9 Å². The van der Waals surface area contributed by atoms with Crippen LogP contribution in [-0.2, 0) is 4.79 Å². The Balaban J connectivity index is 1.70. The van der Waals surface area contributed by atoms with Crippen LogP contribution >= 0.6 is 0 Å². The molecule has 0 unspecified atom stereocenters. The number of rotatable bonds is 9. The Labute approximate surface area is 146 Å². The van der Waals surface area contributed by atoms with Crippen LogP contribution in [0.5, 0.6) is 11.5 Å². The third-order valence-corrected chi connectivity index (χ3v) is 5.00. The fourth-order valence-electron chi connectivity index (χ4n) is 3.52. The highest BCUT2D eigenvalue weighted by Crippen LogP contribution is 2.33. The van der Waals surface area contributed by atoms with Crippen LogP contribution in [0.15, 0.2) is 24.3 Å². The molecule has 0 N–H and O–H groups in total. The second-order valence-corrected chi connectivity index (χ2v) is 6.89. The van der Waals surface area contributed by atoms with Crippen LogP contribution in [0.3, 0.4) is 0 Å². The van der Waals surface area contributed by atoms with Crippen molar-refractivity contribution in [3.63, 3.8) is 0 Å². The Bertz CT molecular complexity index is 472. The molecule has 0 radical (unpaired) electrons. The number of ether oxygens (including phenoxy) is 2. The summed E-state index contributed by atoms with van der Waals surface area (Å²) in [6, 6.07) is 7.31. The minimum Gasteiger partial charge on any atom is -0.494 e. The van der Waals surface area contributed by atoms with Gasteiger partial charge in [-0.05, 0) is 62.8 Å². The highest BCUT2D eigenvalue weighted by molar-refractivity contribution is 5.75. The molecule has 0 saturated heterocycles. The van der Waals surface area contributed by atoms with Gasteiger partial charge in [0.1, 0.15) is 11.5 Å². The summed E-state index contributed by atoms with van der Waals surface area (Å²) in [7, 11) is 0. The van der Waals surface area contributed by atoms with E-state index >= 15 is 0 Å². The molecule has 1 aromatic carbocycles. The Morgan fingerprint density at radius 2 is 1.62 bits per heavy atom. The van der Waals surface area contributed by atoms with E-state index in [1.54, 1.807) is 0 Å². The molecule has 0 bridgehead atoms. The maximum absolute atomic E-state index is 12.3. The van der Waals surface area contributed by atoms with Gasteiger partial charge in [-0.1, -0.05) is 39.0 Å². The van der Waals surface area contributed by atoms with Crippen molar-refractivity contribution in [3.8, 4) is 11.5 Å². The second kappa shape index (κ2) is 10.4. The number of hydrogen-bond donors (Lipinski definition) is 0. The van der Waals surface area contributed by atoms with Crippen molar-refractivity contribution < 1.29 is 14.3 Å². The van der Waals surface area contributed by atoms with Gasteiger partial charge in [-0.15, -0.1) is 0 Å². The lowest BCUT2D eigenvalue weighted by atomic mass is 9.80. The number of hydrogen-bond acceptors (Lipinski definition) is 3. The average Bonchev–Trinajstić information content (AvgIpc) is 2.61. The molecule has 2 rings (SSSR count). The first-order chi connectivity index (χ1) is 11.7. The second-order valence-electron chi connectivity index (χ2n) is 6.89. The van der Waals surface area contributed by atoms with Gasteiger partial charge >= 0.3 is 5.97 Å². The standard InChI is InChI=1S/C21H32O3/c1-3-5-6-7-8-17-9-11-18(12-10-17)21(22)24-20-15-13-19(14-16-20)23-4-2/h13-18H,3-12H2,1-2H3. The Kier molecular flexibility index (Phi) is 8.14. The van der Waals surface area contributed by atoms with Crippen LogP contribution < -0.4 is 9.47 Å². The normalized spacial score (nSPS) is 20.6. The zero-order valence-electron chi connectivity index (χ0n) is 15.3. The molecule has 1 fully saturated rings. The van der Waals surface area contributed by atoms with E-state index in [1.165, 1.54) is 44.9 Å². The Morgan fingerprint density at radius 1 is 0.958 bits per heavy atom. The molecule has 1 aromatic rings. The topological polar surface area (TPSA) is 35.5 Å². The van der Waals surface area contributed by atoms with Crippen molar-refractivity contribution in [2.75, 3.05) is 6.61 Å². The van der Waals surface area contributed by atoms with Gasteiger partial charge in [-0.25, -0.2) is 0 Å². The highest BCUT2D eigenvalue weighted by atomic mass is 16.5. The first-order valence-electron chi connectivity index (χ1n) is 9.67. The van der Waals surface area contributed by atoms with Crippen LogP contribution in [0.25, 0.3) is 0 Å². The minimum atomic E-state index is -0.0661. The fourth-order valence-corrected chi connectivity index (χ4v) is 3.52. The Hall–Kier alpha value is -1.51. The zero-order chi connectivity index (χ0) is 17.2. The number of carbonyl (C=O) groups is 1. The van der Waals surface area contributed by atoms with E-state index in [2.05, 4.69) is 6.92 Å². The van der Waals surface area contributed by atoms with Gasteiger partial charge in [-0.2, -0.15) is 0 Å². The lowest BCUT2D eigenvalue weighted by molar-refractivity contribution is -0.140. The zero-order valence-corrected chi connectivity index (χ0v) is 15.3. The highest BCUT2D eigenvalue weighted by Gasteiger charge is 2.27. The molecule has 3 nitrogen and oxygen atoms in total. The van der Waals surface area contributed by atoms with Crippen molar-refractivity contribution in [1.82, 2.24) is 0 Å². The lowest BCUT2D eigenvalue weighted by Gasteiger charge is -2.27. The van der Waals surface area contributed by atoms with Crippen molar-refractivity contribution in [2.45, 2.75) is 71.6 Å². The smallest absolute Gasteiger partial charge is 0.314 e. The van der Waals surface area contributed by atoms with Gasteiger partial charge in [0.25, 0.3) is 0 Å². The van der Waals surface area contributed by atoms with Gasteiger partial charge in [0.15, 0.2) is 0 Å². The van der Waals surface area contributed by atoms with Gasteiger partial charge in [-0.3, -0.25) is 4.79 Å². The first kappa shape index (κ1) is 18.8. The summed E-state index contributed by atoms with van der Waals surface area (Å²) >= 11 is 0. The molecular weight excluding hydrogens is 300 g/mol. The number of esters is 1. The fraction of sp³-hybridized carbons (Fsp3) is 0.667. The molecule has 1 aliphatic carbocycles. The van der Waals surface area contributed by atoms with Crippen molar-refractivity contribution >= 4 is 5.97 Å². The predicted octanol–water partition coefficient (Wildman–Crippen LogP) is 5.77. The summed E-state index contributed by atoms with van der Waals surface area (Å²) in [4.78, 5) is 12.3. The van der Waals surface area contributed by atoms with E-state index in [0.717, 1.165) is 24.5 Å². The molecule has 1 saturated carbocycles. The number of benzene rings is 1. The van der Waals surface area contributed by atoms with Crippen molar-refractivity contribution in [1.29, 1.82) is 0 Å². The average molecular weight is 332 g/mol.